The molecular formula is C35H36O9. The van der Waals surface area contributed by atoms with Crippen LogP contribution in [-0.2, 0) is 23.8 Å². The van der Waals surface area contributed by atoms with Crippen LogP contribution in [0.15, 0.2) is 104 Å². The van der Waals surface area contributed by atoms with E-state index >= 15 is 0 Å². The molecule has 1 atom stereocenters. The second-order valence-corrected chi connectivity index (χ2v) is 9.44. The van der Waals surface area contributed by atoms with Gasteiger partial charge in [-0.25, -0.2) is 14.4 Å². The third-order valence-corrected chi connectivity index (χ3v) is 6.22. The number of benzene rings is 3. The van der Waals surface area contributed by atoms with Gasteiger partial charge in [-0.2, -0.15) is 0 Å². The summed E-state index contributed by atoms with van der Waals surface area (Å²) < 4.78 is 27.8. The van der Waals surface area contributed by atoms with Crippen LogP contribution >= 0.6 is 0 Å². The molecule has 0 spiro atoms. The third-order valence-electron chi connectivity index (χ3n) is 6.22. The van der Waals surface area contributed by atoms with E-state index in [1.807, 2.05) is 0 Å². The van der Waals surface area contributed by atoms with Gasteiger partial charge in [-0.15, -0.1) is 0 Å². The number of esters is 3. The zero-order valence-electron chi connectivity index (χ0n) is 24.5. The van der Waals surface area contributed by atoms with Crippen LogP contribution in [0.25, 0.3) is 0 Å². The Labute approximate surface area is 257 Å². The molecule has 1 unspecified atom stereocenters. The maximum absolute atomic E-state index is 13.6. The van der Waals surface area contributed by atoms with Crippen molar-refractivity contribution in [2.75, 3.05) is 26.4 Å². The highest BCUT2D eigenvalue weighted by Gasteiger charge is 2.28. The number of rotatable bonds is 19. The molecule has 0 heterocycles. The molecule has 0 saturated carbocycles. The zero-order valence-corrected chi connectivity index (χ0v) is 24.5. The minimum atomic E-state index is -1.25. The molecule has 0 radical (unpaired) electrons. The summed E-state index contributed by atoms with van der Waals surface area (Å²) in [5.41, 5.74) is 1.10. The Bertz CT molecular complexity index is 1400. The number of ether oxygens (including phenoxy) is 5. The van der Waals surface area contributed by atoms with Crippen molar-refractivity contribution in [3.8, 4) is 11.5 Å². The highest BCUT2D eigenvalue weighted by Crippen LogP contribution is 2.34. The Kier molecular flexibility index (Phi) is 13.9. The van der Waals surface area contributed by atoms with Crippen LogP contribution in [0.5, 0.6) is 11.5 Å². The van der Waals surface area contributed by atoms with Crippen molar-refractivity contribution in [2.24, 2.45) is 0 Å². The molecule has 0 bridgehead atoms. The summed E-state index contributed by atoms with van der Waals surface area (Å²) in [6.45, 7) is 7.78. The van der Waals surface area contributed by atoms with Crippen molar-refractivity contribution in [1.82, 2.24) is 0 Å². The first kappa shape index (κ1) is 33.3. The molecule has 0 amide bonds. The molecule has 230 valence electrons. The number of hydrogen-bond donors (Lipinski definition) is 0. The van der Waals surface area contributed by atoms with Gasteiger partial charge in [-0.1, -0.05) is 67.8 Å². The monoisotopic (exact) mass is 600 g/mol. The molecule has 3 aromatic rings. The van der Waals surface area contributed by atoms with Gasteiger partial charge in [0.2, 0.25) is 5.78 Å². The Morgan fingerprint density at radius 2 is 1.11 bits per heavy atom. The standard InChI is InChI=1S/C35H36O9/c1-3-31(36)42-23-13-11-21-40-29-20-19-28(25-30(29)41-22-12-14-24-43-32(37)4-2)34(33(38)26-15-7-5-8-16-26)44-35(39)27-17-9-6-10-18-27/h3-10,15-20,25,34H,1-2,11-14,21-24H2. The summed E-state index contributed by atoms with van der Waals surface area (Å²) in [5.74, 6) is -1.24. The van der Waals surface area contributed by atoms with E-state index in [1.165, 1.54) is 0 Å². The molecule has 0 aliphatic rings. The van der Waals surface area contributed by atoms with Crippen molar-refractivity contribution in [2.45, 2.75) is 31.8 Å². The molecule has 0 aliphatic carbocycles. The van der Waals surface area contributed by atoms with Crippen LogP contribution in [0.3, 0.4) is 0 Å². The fourth-order valence-electron chi connectivity index (χ4n) is 3.93. The van der Waals surface area contributed by atoms with E-state index in [9.17, 15) is 19.2 Å². The van der Waals surface area contributed by atoms with E-state index in [4.69, 9.17) is 23.7 Å². The average molecular weight is 601 g/mol. The normalized spacial score (nSPS) is 11.0. The van der Waals surface area contributed by atoms with Crippen molar-refractivity contribution >= 4 is 23.7 Å². The number of unbranched alkanes of at least 4 members (excludes halogenated alkanes) is 2. The Morgan fingerprint density at radius 1 is 0.614 bits per heavy atom. The molecule has 0 aliphatic heterocycles. The maximum atomic E-state index is 13.6. The first-order chi connectivity index (χ1) is 21.4. The van der Waals surface area contributed by atoms with Crippen molar-refractivity contribution in [3.05, 3.63) is 121 Å². The van der Waals surface area contributed by atoms with E-state index < -0.39 is 29.8 Å². The van der Waals surface area contributed by atoms with E-state index in [0.717, 1.165) is 12.2 Å². The SMILES string of the molecule is C=CC(=O)OCCCCOc1ccc(C(OC(=O)c2ccccc2)C(=O)c2ccccc2)cc1OCCCCOC(=O)C=C. The van der Waals surface area contributed by atoms with E-state index in [0.29, 0.717) is 60.5 Å². The van der Waals surface area contributed by atoms with Gasteiger partial charge in [-0.05, 0) is 49.9 Å². The van der Waals surface area contributed by atoms with Gasteiger partial charge in [0.1, 0.15) is 0 Å². The summed E-state index contributed by atoms with van der Waals surface area (Å²) in [4.78, 5) is 49.2. The van der Waals surface area contributed by atoms with Crippen molar-refractivity contribution in [3.63, 3.8) is 0 Å². The summed E-state index contributed by atoms with van der Waals surface area (Å²) in [7, 11) is 0. The first-order valence-corrected chi connectivity index (χ1v) is 14.3. The highest BCUT2D eigenvalue weighted by atomic mass is 16.6. The lowest BCUT2D eigenvalue weighted by Gasteiger charge is -2.20. The molecular weight excluding hydrogens is 564 g/mol. The van der Waals surface area contributed by atoms with Gasteiger partial charge in [0, 0.05) is 23.3 Å². The minimum Gasteiger partial charge on any atom is -0.490 e. The summed E-state index contributed by atoms with van der Waals surface area (Å²) >= 11 is 0. The molecule has 9 nitrogen and oxygen atoms in total. The van der Waals surface area contributed by atoms with Crippen LogP contribution in [0.2, 0.25) is 0 Å². The molecule has 9 heteroatoms. The fraction of sp³-hybridized carbons (Fsp3) is 0.257. The molecule has 0 saturated heterocycles. The lowest BCUT2D eigenvalue weighted by atomic mass is 9.99. The van der Waals surface area contributed by atoms with Crippen LogP contribution in [0.1, 0.15) is 58.1 Å². The molecule has 0 N–H and O–H groups in total. The predicted octanol–water partition coefficient (Wildman–Crippen LogP) is 6.24. The minimum absolute atomic E-state index is 0.219. The smallest absolute Gasteiger partial charge is 0.339 e. The second-order valence-electron chi connectivity index (χ2n) is 9.44. The molecule has 3 aromatic carbocycles. The molecule has 3 rings (SSSR count). The fourth-order valence-corrected chi connectivity index (χ4v) is 3.93. The zero-order chi connectivity index (χ0) is 31.6. The number of ketones is 1. The van der Waals surface area contributed by atoms with Crippen LogP contribution in [-0.4, -0.2) is 50.1 Å². The average Bonchev–Trinajstić information content (AvgIpc) is 3.07. The van der Waals surface area contributed by atoms with Crippen LogP contribution in [0.4, 0.5) is 0 Å². The third kappa shape index (κ3) is 10.9. The topological polar surface area (TPSA) is 114 Å². The lowest BCUT2D eigenvalue weighted by molar-refractivity contribution is -0.138. The van der Waals surface area contributed by atoms with Crippen molar-refractivity contribution in [1.29, 1.82) is 0 Å². The summed E-state index contributed by atoms with van der Waals surface area (Å²) in [5, 5.41) is 0. The number of carbonyl (C=O) groups is 4. The van der Waals surface area contributed by atoms with Gasteiger partial charge in [0.05, 0.1) is 32.0 Å². The number of hydrogen-bond acceptors (Lipinski definition) is 9. The lowest BCUT2D eigenvalue weighted by Crippen LogP contribution is -2.20. The predicted molar refractivity (Wildman–Crippen MR) is 164 cm³/mol. The van der Waals surface area contributed by atoms with Gasteiger partial charge in [0.15, 0.2) is 17.6 Å². The Hall–Kier alpha value is -5.18. The summed E-state index contributed by atoms with van der Waals surface area (Å²) in [6, 6.07) is 22.0. The van der Waals surface area contributed by atoms with E-state index in [1.54, 1.807) is 78.9 Å². The molecule has 44 heavy (non-hydrogen) atoms. The van der Waals surface area contributed by atoms with Crippen LogP contribution < -0.4 is 9.47 Å². The van der Waals surface area contributed by atoms with Gasteiger partial charge < -0.3 is 23.7 Å². The van der Waals surface area contributed by atoms with Gasteiger partial charge >= 0.3 is 17.9 Å². The Morgan fingerprint density at radius 3 is 1.66 bits per heavy atom. The molecule has 0 aromatic heterocycles. The van der Waals surface area contributed by atoms with Gasteiger partial charge in [-0.3, -0.25) is 4.79 Å². The highest BCUT2D eigenvalue weighted by molar-refractivity contribution is 6.02. The quantitative estimate of drug-likeness (QED) is 0.0518. The maximum Gasteiger partial charge on any atom is 0.339 e. The molecule has 0 fully saturated rings. The van der Waals surface area contributed by atoms with Gasteiger partial charge in [0.25, 0.3) is 0 Å². The number of Topliss-reactive ketones (excluding diaryl/α,β-unsaturated/α-hetero) is 1. The number of carbonyl (C=O) groups excluding carboxylic acids is 4. The largest absolute Gasteiger partial charge is 0.490 e. The van der Waals surface area contributed by atoms with Crippen molar-refractivity contribution < 1.29 is 42.9 Å². The second kappa shape index (κ2) is 18.4. The van der Waals surface area contributed by atoms with E-state index in [2.05, 4.69) is 13.2 Å². The van der Waals surface area contributed by atoms with E-state index in [-0.39, 0.29) is 19.8 Å². The van der Waals surface area contributed by atoms with Crippen LogP contribution in [0, 0.1) is 0 Å². The summed E-state index contributed by atoms with van der Waals surface area (Å²) in [6.07, 6.45) is 3.27. The first-order valence-electron chi connectivity index (χ1n) is 14.3. The Balaban J connectivity index is 1.80.